The molecular formula is C17H23N3O2. The Balaban J connectivity index is 2.13. The van der Waals surface area contributed by atoms with Crippen LogP contribution in [0, 0.1) is 6.92 Å². The van der Waals surface area contributed by atoms with Gasteiger partial charge in [-0.05, 0) is 38.0 Å². The molecule has 0 spiro atoms. The molecule has 0 aliphatic heterocycles. The highest BCUT2D eigenvalue weighted by molar-refractivity contribution is 5.46. The number of nitrogens with one attached hydrogen (secondary N) is 1. The third kappa shape index (κ3) is 4.10. The molecule has 118 valence electrons. The van der Waals surface area contributed by atoms with Crippen molar-refractivity contribution in [3.63, 3.8) is 0 Å². The van der Waals surface area contributed by atoms with E-state index in [1.54, 1.807) is 13.4 Å². The number of hydrogen-bond donors (Lipinski definition) is 1. The fourth-order valence-corrected chi connectivity index (χ4v) is 2.12. The quantitative estimate of drug-likeness (QED) is 0.844. The van der Waals surface area contributed by atoms with Crippen molar-refractivity contribution in [2.75, 3.05) is 19.0 Å². The lowest BCUT2D eigenvalue weighted by molar-refractivity contribution is 0.294. The maximum Gasteiger partial charge on any atom is 0.161 e. The maximum atomic E-state index is 5.68. The van der Waals surface area contributed by atoms with E-state index in [1.807, 2.05) is 31.2 Å². The van der Waals surface area contributed by atoms with Gasteiger partial charge in [0.2, 0.25) is 0 Å². The van der Waals surface area contributed by atoms with E-state index in [9.17, 15) is 0 Å². The molecule has 2 rings (SSSR count). The van der Waals surface area contributed by atoms with Crippen molar-refractivity contribution >= 4 is 5.82 Å². The monoisotopic (exact) mass is 301 g/mol. The van der Waals surface area contributed by atoms with E-state index in [0.29, 0.717) is 6.61 Å². The van der Waals surface area contributed by atoms with Gasteiger partial charge in [-0.2, -0.15) is 0 Å². The fraction of sp³-hybridized carbons (Fsp3) is 0.412. The number of aryl methyl sites for hydroxylation is 1. The van der Waals surface area contributed by atoms with Crippen molar-refractivity contribution in [3.8, 4) is 11.5 Å². The van der Waals surface area contributed by atoms with Crippen molar-refractivity contribution in [2.24, 2.45) is 0 Å². The van der Waals surface area contributed by atoms with Crippen molar-refractivity contribution in [3.05, 3.63) is 41.9 Å². The van der Waals surface area contributed by atoms with E-state index < -0.39 is 0 Å². The Morgan fingerprint density at radius 3 is 2.68 bits per heavy atom. The number of methoxy groups -OCH3 is 1. The Labute approximate surface area is 131 Å². The van der Waals surface area contributed by atoms with Gasteiger partial charge in [0, 0.05) is 11.8 Å². The van der Waals surface area contributed by atoms with Crippen LogP contribution in [0.1, 0.15) is 37.6 Å². The van der Waals surface area contributed by atoms with E-state index in [1.165, 1.54) is 0 Å². The summed E-state index contributed by atoms with van der Waals surface area (Å²) < 4.78 is 11.1. The minimum atomic E-state index is 0.100. The van der Waals surface area contributed by atoms with Gasteiger partial charge in [0.15, 0.2) is 11.5 Å². The third-order valence-corrected chi connectivity index (χ3v) is 3.32. The molecule has 1 atom stereocenters. The number of ether oxygens (including phenoxy) is 2. The molecule has 5 heteroatoms. The molecule has 0 amide bonds. The van der Waals surface area contributed by atoms with Gasteiger partial charge in [-0.1, -0.05) is 13.0 Å². The summed E-state index contributed by atoms with van der Waals surface area (Å²) in [5.41, 5.74) is 2.04. The summed E-state index contributed by atoms with van der Waals surface area (Å²) in [6, 6.07) is 8.01. The minimum absolute atomic E-state index is 0.100. The molecule has 1 heterocycles. The molecule has 1 aromatic heterocycles. The lowest BCUT2D eigenvalue weighted by Crippen LogP contribution is -2.09. The zero-order valence-corrected chi connectivity index (χ0v) is 13.6. The Morgan fingerprint density at radius 2 is 2.00 bits per heavy atom. The lowest BCUT2D eigenvalue weighted by Gasteiger charge is -2.17. The summed E-state index contributed by atoms with van der Waals surface area (Å²) in [5, 5.41) is 3.37. The summed E-state index contributed by atoms with van der Waals surface area (Å²) in [4.78, 5) is 8.33. The topological polar surface area (TPSA) is 56.3 Å². The summed E-state index contributed by atoms with van der Waals surface area (Å²) in [6.07, 6.45) is 2.53. The fourth-order valence-electron chi connectivity index (χ4n) is 2.12. The van der Waals surface area contributed by atoms with Crippen LogP contribution in [0.3, 0.4) is 0 Å². The first-order chi connectivity index (χ1) is 10.6. The van der Waals surface area contributed by atoms with Gasteiger partial charge in [-0.3, -0.25) is 0 Å². The number of anilines is 1. The molecule has 5 nitrogen and oxygen atoms in total. The number of aromatic nitrogens is 2. The van der Waals surface area contributed by atoms with E-state index in [-0.39, 0.29) is 6.04 Å². The highest BCUT2D eigenvalue weighted by Gasteiger charge is 2.11. The average Bonchev–Trinajstić information content (AvgIpc) is 2.52. The first kappa shape index (κ1) is 16.1. The van der Waals surface area contributed by atoms with Gasteiger partial charge < -0.3 is 14.8 Å². The highest BCUT2D eigenvalue weighted by Crippen LogP contribution is 2.31. The molecule has 1 aromatic carbocycles. The second-order valence-electron chi connectivity index (χ2n) is 5.17. The van der Waals surface area contributed by atoms with Crippen molar-refractivity contribution in [1.82, 2.24) is 9.97 Å². The molecule has 0 bridgehead atoms. The first-order valence-corrected chi connectivity index (χ1v) is 7.50. The SMILES string of the molecule is CCCOc1ccc(C(C)Nc2cc(C)ncn2)cc1OC. The Hall–Kier alpha value is -2.30. The molecule has 0 radical (unpaired) electrons. The Bertz CT molecular complexity index is 617. The zero-order valence-electron chi connectivity index (χ0n) is 13.6. The summed E-state index contributed by atoms with van der Waals surface area (Å²) in [6.45, 7) is 6.79. The van der Waals surface area contributed by atoms with Crippen LogP contribution in [0.15, 0.2) is 30.6 Å². The second kappa shape index (κ2) is 7.64. The third-order valence-electron chi connectivity index (χ3n) is 3.32. The minimum Gasteiger partial charge on any atom is -0.493 e. The molecule has 0 fully saturated rings. The van der Waals surface area contributed by atoms with Crippen molar-refractivity contribution < 1.29 is 9.47 Å². The molecule has 0 aliphatic rings. The molecule has 0 saturated heterocycles. The van der Waals surface area contributed by atoms with Gasteiger partial charge in [-0.25, -0.2) is 9.97 Å². The summed E-state index contributed by atoms with van der Waals surface area (Å²) in [7, 11) is 1.66. The van der Waals surface area contributed by atoms with E-state index in [0.717, 1.165) is 35.0 Å². The summed E-state index contributed by atoms with van der Waals surface area (Å²) >= 11 is 0. The van der Waals surface area contributed by atoms with Crippen molar-refractivity contribution in [1.29, 1.82) is 0 Å². The first-order valence-electron chi connectivity index (χ1n) is 7.50. The van der Waals surface area contributed by atoms with Gasteiger partial charge >= 0.3 is 0 Å². The van der Waals surface area contributed by atoms with Crippen LogP contribution in [-0.2, 0) is 0 Å². The van der Waals surface area contributed by atoms with Crippen LogP contribution in [-0.4, -0.2) is 23.7 Å². The highest BCUT2D eigenvalue weighted by atomic mass is 16.5. The maximum absolute atomic E-state index is 5.68. The molecule has 22 heavy (non-hydrogen) atoms. The summed E-state index contributed by atoms with van der Waals surface area (Å²) in [5.74, 6) is 2.34. The molecule has 1 unspecified atom stereocenters. The second-order valence-corrected chi connectivity index (χ2v) is 5.17. The van der Waals surface area contributed by atoms with Gasteiger partial charge in [0.1, 0.15) is 12.1 Å². The molecule has 0 aliphatic carbocycles. The Kier molecular flexibility index (Phi) is 5.58. The molecule has 1 N–H and O–H groups in total. The van der Waals surface area contributed by atoms with Crippen LogP contribution in [0.2, 0.25) is 0 Å². The van der Waals surface area contributed by atoms with Gasteiger partial charge in [0.25, 0.3) is 0 Å². The normalized spacial score (nSPS) is 11.8. The molecular weight excluding hydrogens is 278 g/mol. The smallest absolute Gasteiger partial charge is 0.161 e. The molecule has 2 aromatic rings. The van der Waals surface area contributed by atoms with E-state index in [4.69, 9.17) is 9.47 Å². The predicted molar refractivity (Wildman–Crippen MR) is 87.6 cm³/mol. The predicted octanol–water partition coefficient (Wildman–Crippen LogP) is 3.76. The number of nitrogens with zero attached hydrogens (tertiary/aromatic N) is 2. The number of rotatable bonds is 7. The van der Waals surface area contributed by atoms with Crippen LogP contribution in [0.5, 0.6) is 11.5 Å². The van der Waals surface area contributed by atoms with Crippen LogP contribution < -0.4 is 14.8 Å². The zero-order chi connectivity index (χ0) is 15.9. The lowest BCUT2D eigenvalue weighted by atomic mass is 10.1. The van der Waals surface area contributed by atoms with Crippen LogP contribution in [0.4, 0.5) is 5.82 Å². The van der Waals surface area contributed by atoms with Gasteiger partial charge in [0.05, 0.1) is 19.8 Å². The number of benzene rings is 1. The van der Waals surface area contributed by atoms with Crippen molar-refractivity contribution in [2.45, 2.75) is 33.2 Å². The van der Waals surface area contributed by atoms with Crippen LogP contribution >= 0.6 is 0 Å². The number of hydrogen-bond acceptors (Lipinski definition) is 5. The Morgan fingerprint density at radius 1 is 1.18 bits per heavy atom. The van der Waals surface area contributed by atoms with Gasteiger partial charge in [-0.15, -0.1) is 0 Å². The standard InChI is InChI=1S/C17H23N3O2/c1-5-8-22-15-7-6-14(10-16(15)21-4)13(3)20-17-9-12(2)18-11-19-17/h6-7,9-11,13H,5,8H2,1-4H3,(H,18,19,20). The largest absolute Gasteiger partial charge is 0.493 e. The van der Waals surface area contributed by atoms with E-state index >= 15 is 0 Å². The molecule has 0 saturated carbocycles. The average molecular weight is 301 g/mol. The van der Waals surface area contributed by atoms with E-state index in [2.05, 4.69) is 29.1 Å². The van der Waals surface area contributed by atoms with Crippen LogP contribution in [0.25, 0.3) is 0 Å².